The monoisotopic (exact) mass is 492 g/mol. The SMILES string of the molecule is CC1CCc2c(sc3nc(SCC(=O)Nc4ccc(S(=O)(=O)N(C)C)cc4)[nH]c(=O)c23)C1. The van der Waals surface area contributed by atoms with Crippen LogP contribution in [0.25, 0.3) is 10.2 Å². The number of benzene rings is 1. The molecule has 1 atom stereocenters. The maximum atomic E-state index is 12.7. The zero-order valence-electron chi connectivity index (χ0n) is 18.0. The first-order valence-corrected chi connectivity index (χ1v) is 13.4. The van der Waals surface area contributed by atoms with Crippen LogP contribution < -0.4 is 10.9 Å². The number of thioether (sulfide) groups is 1. The molecule has 0 fully saturated rings. The first kappa shape index (κ1) is 23.0. The lowest BCUT2D eigenvalue weighted by atomic mass is 9.89. The van der Waals surface area contributed by atoms with Crippen molar-refractivity contribution in [1.29, 1.82) is 0 Å². The van der Waals surface area contributed by atoms with Crippen LogP contribution in [-0.2, 0) is 27.7 Å². The number of carbonyl (C=O) groups excluding carboxylic acids is 1. The Labute approximate surface area is 194 Å². The smallest absolute Gasteiger partial charge is 0.260 e. The van der Waals surface area contributed by atoms with Gasteiger partial charge in [-0.2, -0.15) is 0 Å². The van der Waals surface area contributed by atoms with Crippen LogP contribution in [0.1, 0.15) is 23.8 Å². The van der Waals surface area contributed by atoms with Crippen LogP contribution in [0.15, 0.2) is 39.1 Å². The average Bonchev–Trinajstić information content (AvgIpc) is 3.10. The zero-order chi connectivity index (χ0) is 23.0. The molecule has 8 nitrogen and oxygen atoms in total. The maximum absolute atomic E-state index is 12.7. The van der Waals surface area contributed by atoms with E-state index >= 15 is 0 Å². The van der Waals surface area contributed by atoms with Gasteiger partial charge in [0.05, 0.1) is 16.0 Å². The van der Waals surface area contributed by atoms with Crippen molar-refractivity contribution in [3.05, 3.63) is 45.1 Å². The van der Waals surface area contributed by atoms with Crippen molar-refractivity contribution in [2.24, 2.45) is 5.92 Å². The lowest BCUT2D eigenvalue weighted by Gasteiger charge is -2.17. The molecule has 1 unspecified atom stereocenters. The number of fused-ring (bicyclic) bond motifs is 3. The number of aromatic nitrogens is 2. The van der Waals surface area contributed by atoms with E-state index in [-0.39, 0.29) is 22.1 Å². The molecule has 1 amide bonds. The van der Waals surface area contributed by atoms with E-state index in [0.717, 1.165) is 45.7 Å². The molecule has 0 saturated carbocycles. The fourth-order valence-corrected chi connectivity index (χ4v) is 6.65. The van der Waals surface area contributed by atoms with E-state index in [0.29, 0.717) is 22.1 Å². The van der Waals surface area contributed by atoms with E-state index < -0.39 is 10.0 Å². The number of hydrogen-bond acceptors (Lipinski definition) is 7. The van der Waals surface area contributed by atoms with Gasteiger partial charge in [-0.25, -0.2) is 17.7 Å². The van der Waals surface area contributed by atoms with Crippen LogP contribution in [0, 0.1) is 5.92 Å². The molecule has 0 spiro atoms. The Morgan fingerprint density at radius 1 is 1.31 bits per heavy atom. The normalized spacial score (nSPS) is 16.3. The van der Waals surface area contributed by atoms with Crippen LogP contribution >= 0.6 is 23.1 Å². The van der Waals surface area contributed by atoms with E-state index in [1.54, 1.807) is 23.5 Å². The molecule has 2 aromatic heterocycles. The van der Waals surface area contributed by atoms with E-state index in [2.05, 4.69) is 22.2 Å². The quantitative estimate of drug-likeness (QED) is 0.404. The summed E-state index contributed by atoms with van der Waals surface area (Å²) < 4.78 is 25.4. The number of sulfonamides is 1. The van der Waals surface area contributed by atoms with Crippen LogP contribution in [0.3, 0.4) is 0 Å². The average molecular weight is 493 g/mol. The Bertz CT molecular complexity index is 1330. The van der Waals surface area contributed by atoms with Crippen molar-refractivity contribution in [1.82, 2.24) is 14.3 Å². The highest BCUT2D eigenvalue weighted by atomic mass is 32.2. The number of aromatic amines is 1. The number of carbonyl (C=O) groups is 1. The molecule has 0 bridgehead atoms. The van der Waals surface area contributed by atoms with Gasteiger partial charge in [0.25, 0.3) is 5.56 Å². The van der Waals surface area contributed by atoms with Crippen LogP contribution in [-0.4, -0.2) is 48.4 Å². The number of rotatable bonds is 6. The molecule has 3 aromatic rings. The molecular weight excluding hydrogens is 468 g/mol. The minimum absolute atomic E-state index is 0.0638. The van der Waals surface area contributed by atoms with Gasteiger partial charge in [0, 0.05) is 24.7 Å². The van der Waals surface area contributed by atoms with Crippen molar-refractivity contribution < 1.29 is 13.2 Å². The number of anilines is 1. The molecule has 170 valence electrons. The second-order valence-corrected chi connectivity index (χ2v) is 12.3. The highest BCUT2D eigenvalue weighted by Crippen LogP contribution is 2.36. The third-order valence-electron chi connectivity index (χ3n) is 5.40. The standard InChI is InChI=1S/C21H24N4O4S3/c1-12-4-9-15-16(10-12)31-20-18(15)19(27)23-21(24-20)30-11-17(26)22-13-5-7-14(8-6-13)32(28,29)25(2)3/h5-8,12H,4,9-11H2,1-3H3,(H,22,26)(H,23,24,27). The number of nitrogens with zero attached hydrogens (tertiary/aromatic N) is 2. The molecule has 1 aliphatic rings. The van der Waals surface area contributed by atoms with Crippen molar-refractivity contribution in [3.8, 4) is 0 Å². The molecular formula is C21H24N4O4S3. The third kappa shape index (κ3) is 4.61. The Kier molecular flexibility index (Phi) is 6.44. The summed E-state index contributed by atoms with van der Waals surface area (Å²) in [6.07, 6.45) is 2.97. The number of nitrogens with one attached hydrogen (secondary N) is 2. The number of H-pyrrole nitrogens is 1. The van der Waals surface area contributed by atoms with Gasteiger partial charge >= 0.3 is 0 Å². The first-order valence-electron chi connectivity index (χ1n) is 10.1. The van der Waals surface area contributed by atoms with E-state index in [1.165, 1.54) is 31.1 Å². The summed E-state index contributed by atoms with van der Waals surface area (Å²) in [7, 11) is -0.595. The predicted molar refractivity (Wildman–Crippen MR) is 128 cm³/mol. The number of thiophene rings is 1. The fraction of sp³-hybridized carbons (Fsp3) is 0.381. The summed E-state index contributed by atoms with van der Waals surface area (Å²) in [6, 6.07) is 5.99. The van der Waals surface area contributed by atoms with Gasteiger partial charge in [-0.1, -0.05) is 18.7 Å². The Morgan fingerprint density at radius 3 is 2.72 bits per heavy atom. The first-order chi connectivity index (χ1) is 15.1. The number of hydrogen-bond donors (Lipinski definition) is 2. The highest BCUT2D eigenvalue weighted by Gasteiger charge is 2.23. The molecule has 0 aliphatic heterocycles. The van der Waals surface area contributed by atoms with Gasteiger partial charge in [0.15, 0.2) is 5.16 Å². The lowest BCUT2D eigenvalue weighted by Crippen LogP contribution is -2.22. The van der Waals surface area contributed by atoms with Gasteiger partial charge < -0.3 is 10.3 Å². The minimum atomic E-state index is -3.52. The summed E-state index contributed by atoms with van der Waals surface area (Å²) >= 11 is 2.74. The van der Waals surface area contributed by atoms with Crippen LogP contribution in [0.5, 0.6) is 0 Å². The summed E-state index contributed by atoms with van der Waals surface area (Å²) in [4.78, 5) is 34.5. The molecule has 32 heavy (non-hydrogen) atoms. The molecule has 1 aromatic carbocycles. The molecule has 2 heterocycles. The van der Waals surface area contributed by atoms with Crippen molar-refractivity contribution in [3.63, 3.8) is 0 Å². The summed E-state index contributed by atoms with van der Waals surface area (Å²) in [6.45, 7) is 2.22. The van der Waals surface area contributed by atoms with Gasteiger partial charge in [-0.05, 0) is 55.0 Å². The van der Waals surface area contributed by atoms with Gasteiger partial charge in [0.1, 0.15) is 4.83 Å². The summed E-state index contributed by atoms with van der Waals surface area (Å²) in [5, 5.41) is 3.84. The number of aryl methyl sites for hydroxylation is 1. The van der Waals surface area contributed by atoms with E-state index in [4.69, 9.17) is 0 Å². The maximum Gasteiger partial charge on any atom is 0.260 e. The predicted octanol–water partition coefficient (Wildman–Crippen LogP) is 3.09. The highest BCUT2D eigenvalue weighted by molar-refractivity contribution is 7.99. The third-order valence-corrected chi connectivity index (χ3v) is 9.25. The minimum Gasteiger partial charge on any atom is -0.325 e. The summed E-state index contributed by atoms with van der Waals surface area (Å²) in [5.74, 6) is 0.401. The van der Waals surface area contributed by atoms with E-state index in [9.17, 15) is 18.0 Å². The topological polar surface area (TPSA) is 112 Å². The van der Waals surface area contributed by atoms with Gasteiger partial charge in [0.2, 0.25) is 15.9 Å². The molecule has 2 N–H and O–H groups in total. The molecule has 0 saturated heterocycles. The Balaban J connectivity index is 1.42. The van der Waals surface area contributed by atoms with E-state index in [1.807, 2.05) is 0 Å². The second-order valence-electron chi connectivity index (χ2n) is 8.05. The van der Waals surface area contributed by atoms with Gasteiger partial charge in [-0.15, -0.1) is 11.3 Å². The Hall–Kier alpha value is -2.21. The molecule has 4 rings (SSSR count). The Morgan fingerprint density at radius 2 is 2.03 bits per heavy atom. The second kappa shape index (κ2) is 8.97. The van der Waals surface area contributed by atoms with Crippen molar-refractivity contribution in [2.75, 3.05) is 25.2 Å². The molecule has 0 radical (unpaired) electrons. The van der Waals surface area contributed by atoms with Gasteiger partial charge in [-0.3, -0.25) is 9.59 Å². The van der Waals surface area contributed by atoms with Crippen LogP contribution in [0.4, 0.5) is 5.69 Å². The van der Waals surface area contributed by atoms with Crippen molar-refractivity contribution >= 4 is 54.9 Å². The van der Waals surface area contributed by atoms with Crippen molar-refractivity contribution in [2.45, 2.75) is 36.2 Å². The molecule has 11 heteroatoms. The summed E-state index contributed by atoms with van der Waals surface area (Å²) in [5.41, 5.74) is 1.47. The fourth-order valence-electron chi connectivity index (χ4n) is 3.65. The van der Waals surface area contributed by atoms with Crippen LogP contribution in [0.2, 0.25) is 0 Å². The largest absolute Gasteiger partial charge is 0.325 e. The molecule has 1 aliphatic carbocycles. The zero-order valence-corrected chi connectivity index (χ0v) is 20.4. The lowest BCUT2D eigenvalue weighted by molar-refractivity contribution is -0.113. The number of amides is 1.